The fraction of sp³-hybridized carbons (Fsp3) is 0.700. The first-order valence-corrected chi connectivity index (χ1v) is 5.63. The lowest BCUT2D eigenvalue weighted by molar-refractivity contribution is 0.275. The van der Waals surface area contributed by atoms with E-state index in [4.69, 9.17) is 5.73 Å². The third-order valence-corrected chi connectivity index (χ3v) is 3.35. The molecule has 1 atom stereocenters. The summed E-state index contributed by atoms with van der Waals surface area (Å²) in [5, 5.41) is 4.40. The average molecular weight is 213 g/mol. The molecule has 0 saturated carbocycles. The Kier molecular flexibility index (Phi) is 3.37. The molecule has 1 heterocycles. The van der Waals surface area contributed by atoms with Crippen molar-refractivity contribution >= 4 is 22.4 Å². The molecule has 0 fully saturated rings. The number of hydrogen-bond acceptors (Lipinski definition) is 4. The molecule has 80 valence electrons. The largest absolute Gasteiger partial charge is 0.383 e. The number of nitrogens with zero attached hydrogens (tertiary/aromatic N) is 1. The van der Waals surface area contributed by atoms with E-state index < -0.39 is 0 Å². The zero-order valence-electron chi connectivity index (χ0n) is 9.29. The van der Waals surface area contributed by atoms with Crippen LogP contribution in [0.2, 0.25) is 0 Å². The zero-order valence-corrected chi connectivity index (χ0v) is 10.1. The summed E-state index contributed by atoms with van der Waals surface area (Å²) in [6.07, 6.45) is 0. The lowest BCUT2D eigenvalue weighted by Crippen LogP contribution is -2.24. The monoisotopic (exact) mass is 213 g/mol. The van der Waals surface area contributed by atoms with Gasteiger partial charge in [-0.05, 0) is 22.9 Å². The molecule has 0 radical (unpaired) electrons. The maximum atomic E-state index is 5.53. The summed E-state index contributed by atoms with van der Waals surface area (Å²) in [5.41, 5.74) is 5.87. The Hall–Kier alpha value is -0.770. The van der Waals surface area contributed by atoms with Crippen LogP contribution >= 0.6 is 11.5 Å². The van der Waals surface area contributed by atoms with Crippen molar-refractivity contribution in [2.45, 2.75) is 27.7 Å². The van der Waals surface area contributed by atoms with Gasteiger partial charge in [0.2, 0.25) is 0 Å². The second-order valence-corrected chi connectivity index (χ2v) is 5.57. The van der Waals surface area contributed by atoms with Crippen LogP contribution in [0, 0.1) is 11.3 Å². The Morgan fingerprint density at radius 2 is 2.21 bits per heavy atom. The third kappa shape index (κ3) is 3.18. The van der Waals surface area contributed by atoms with Crippen molar-refractivity contribution in [3.8, 4) is 0 Å². The van der Waals surface area contributed by atoms with Crippen LogP contribution in [0.3, 0.4) is 0 Å². The van der Waals surface area contributed by atoms with Crippen molar-refractivity contribution in [2.75, 3.05) is 17.6 Å². The van der Waals surface area contributed by atoms with Crippen molar-refractivity contribution in [2.24, 2.45) is 11.3 Å². The van der Waals surface area contributed by atoms with E-state index in [-0.39, 0.29) is 0 Å². The molecule has 0 aliphatic carbocycles. The quantitative estimate of drug-likeness (QED) is 0.811. The molecule has 0 amide bonds. The van der Waals surface area contributed by atoms with Crippen LogP contribution in [0.4, 0.5) is 10.8 Å². The number of anilines is 2. The van der Waals surface area contributed by atoms with E-state index in [9.17, 15) is 0 Å². The lowest BCUT2D eigenvalue weighted by atomic mass is 9.82. The molecule has 0 aliphatic heterocycles. The van der Waals surface area contributed by atoms with Crippen molar-refractivity contribution in [1.29, 1.82) is 0 Å². The Bertz CT molecular complexity index is 288. The van der Waals surface area contributed by atoms with Gasteiger partial charge in [-0.2, -0.15) is 4.37 Å². The fourth-order valence-electron chi connectivity index (χ4n) is 0.932. The summed E-state index contributed by atoms with van der Waals surface area (Å²) < 4.78 is 4.01. The molecule has 0 bridgehead atoms. The van der Waals surface area contributed by atoms with Gasteiger partial charge in [0.25, 0.3) is 0 Å². The van der Waals surface area contributed by atoms with Crippen LogP contribution in [0.5, 0.6) is 0 Å². The zero-order chi connectivity index (χ0) is 10.8. The maximum absolute atomic E-state index is 5.53. The van der Waals surface area contributed by atoms with Gasteiger partial charge >= 0.3 is 0 Å². The van der Waals surface area contributed by atoms with E-state index in [1.54, 1.807) is 0 Å². The first kappa shape index (κ1) is 11.3. The molecule has 3 N–H and O–H groups in total. The van der Waals surface area contributed by atoms with Gasteiger partial charge in [0, 0.05) is 12.6 Å². The maximum Gasteiger partial charge on any atom is 0.139 e. The summed E-state index contributed by atoms with van der Waals surface area (Å²) in [7, 11) is 0. The molecule has 4 heteroatoms. The second-order valence-electron chi connectivity index (χ2n) is 4.76. The van der Waals surface area contributed by atoms with Crippen LogP contribution in [-0.4, -0.2) is 10.9 Å². The van der Waals surface area contributed by atoms with E-state index in [1.807, 2.05) is 6.07 Å². The van der Waals surface area contributed by atoms with Crippen LogP contribution in [0.25, 0.3) is 0 Å². The molecule has 0 aromatic carbocycles. The molecule has 1 aromatic rings. The van der Waals surface area contributed by atoms with Gasteiger partial charge in [-0.3, -0.25) is 0 Å². The number of nitrogens with two attached hydrogens (primary N) is 1. The van der Waals surface area contributed by atoms with E-state index in [2.05, 4.69) is 37.4 Å². The normalized spacial score (nSPS) is 14.0. The minimum absolute atomic E-state index is 0.337. The molecule has 14 heavy (non-hydrogen) atoms. The smallest absolute Gasteiger partial charge is 0.139 e. The standard InChI is InChI=1S/C10H19N3S/c1-7(10(2,3)4)6-12-9-5-8(11)13-14-9/h5,7,12H,6H2,1-4H3,(H2,11,13). The van der Waals surface area contributed by atoms with Crippen LogP contribution in [0.15, 0.2) is 6.07 Å². The number of rotatable bonds is 3. The summed E-state index contributed by atoms with van der Waals surface area (Å²) in [6.45, 7) is 9.96. The van der Waals surface area contributed by atoms with E-state index in [0.29, 0.717) is 17.2 Å². The van der Waals surface area contributed by atoms with Crippen LogP contribution < -0.4 is 11.1 Å². The second kappa shape index (κ2) is 4.17. The lowest BCUT2D eigenvalue weighted by Gasteiger charge is -2.27. The number of nitrogens with one attached hydrogen (secondary N) is 1. The minimum Gasteiger partial charge on any atom is -0.383 e. The van der Waals surface area contributed by atoms with Crippen molar-refractivity contribution < 1.29 is 0 Å². The van der Waals surface area contributed by atoms with Crippen LogP contribution in [0.1, 0.15) is 27.7 Å². The minimum atomic E-state index is 0.337. The van der Waals surface area contributed by atoms with Crippen LogP contribution in [-0.2, 0) is 0 Å². The number of nitrogen functional groups attached to an aromatic ring is 1. The molecule has 0 aliphatic rings. The third-order valence-electron chi connectivity index (χ3n) is 2.59. The first-order chi connectivity index (χ1) is 6.39. The number of aromatic nitrogens is 1. The topological polar surface area (TPSA) is 50.9 Å². The molecule has 1 unspecified atom stereocenters. The van der Waals surface area contributed by atoms with Crippen molar-refractivity contribution in [3.63, 3.8) is 0 Å². The molecule has 0 spiro atoms. The average Bonchev–Trinajstić information content (AvgIpc) is 2.45. The molecule has 0 saturated heterocycles. The summed E-state index contributed by atoms with van der Waals surface area (Å²) >= 11 is 1.42. The van der Waals surface area contributed by atoms with E-state index in [1.165, 1.54) is 11.5 Å². The molecular weight excluding hydrogens is 194 g/mol. The molecule has 3 nitrogen and oxygen atoms in total. The first-order valence-electron chi connectivity index (χ1n) is 4.85. The highest BCUT2D eigenvalue weighted by Gasteiger charge is 2.19. The van der Waals surface area contributed by atoms with Gasteiger partial charge in [-0.15, -0.1) is 0 Å². The summed E-state index contributed by atoms with van der Waals surface area (Å²) in [5.74, 6) is 1.21. The van der Waals surface area contributed by atoms with Gasteiger partial charge in [0.05, 0.1) is 0 Å². The fourth-order valence-corrected chi connectivity index (χ4v) is 1.51. The number of hydrogen-bond donors (Lipinski definition) is 2. The Labute approximate surface area is 89.9 Å². The highest BCUT2D eigenvalue weighted by Crippen LogP contribution is 2.26. The Morgan fingerprint density at radius 1 is 1.57 bits per heavy atom. The highest BCUT2D eigenvalue weighted by molar-refractivity contribution is 7.10. The molecular formula is C10H19N3S. The molecule has 1 rings (SSSR count). The van der Waals surface area contributed by atoms with Gasteiger partial charge in [0.1, 0.15) is 10.8 Å². The van der Waals surface area contributed by atoms with Gasteiger partial charge in [0.15, 0.2) is 0 Å². The summed E-state index contributed by atoms with van der Waals surface area (Å²) in [4.78, 5) is 0. The predicted molar refractivity (Wildman–Crippen MR) is 63.6 cm³/mol. The Morgan fingerprint density at radius 3 is 2.64 bits per heavy atom. The van der Waals surface area contributed by atoms with Gasteiger partial charge in [-0.1, -0.05) is 27.7 Å². The molecule has 1 aromatic heterocycles. The summed E-state index contributed by atoms with van der Waals surface area (Å²) in [6, 6.07) is 1.88. The van der Waals surface area contributed by atoms with E-state index >= 15 is 0 Å². The van der Waals surface area contributed by atoms with Crippen molar-refractivity contribution in [3.05, 3.63) is 6.07 Å². The van der Waals surface area contributed by atoms with Crippen molar-refractivity contribution in [1.82, 2.24) is 4.37 Å². The predicted octanol–water partition coefficient (Wildman–Crippen LogP) is 2.82. The van der Waals surface area contributed by atoms with E-state index in [0.717, 1.165) is 11.5 Å². The SMILES string of the molecule is CC(CNc1cc(N)ns1)C(C)(C)C. The van der Waals surface area contributed by atoms with Gasteiger partial charge in [-0.25, -0.2) is 0 Å². The Balaban J connectivity index is 2.41. The highest BCUT2D eigenvalue weighted by atomic mass is 32.1. The van der Waals surface area contributed by atoms with Gasteiger partial charge < -0.3 is 11.1 Å².